The summed E-state index contributed by atoms with van der Waals surface area (Å²) in [6.45, 7) is 4.88. The second-order valence-electron chi connectivity index (χ2n) is 18.2. The van der Waals surface area contributed by atoms with Crippen molar-refractivity contribution in [3.05, 3.63) is 65.5 Å². The number of carbonyl (C=O) groups excluding carboxylic acids is 3. The summed E-state index contributed by atoms with van der Waals surface area (Å²) in [6, 6.07) is 11.5. The van der Waals surface area contributed by atoms with Crippen molar-refractivity contribution in [3.8, 4) is 0 Å². The molecule has 1 aliphatic heterocycles. The first-order valence-corrected chi connectivity index (χ1v) is 24.7. The van der Waals surface area contributed by atoms with E-state index in [1.807, 2.05) is 48.2 Å². The number of anilines is 1. The molecule has 22 heteroatoms. The lowest BCUT2D eigenvalue weighted by atomic mass is 9.91. The first-order chi connectivity index (χ1) is 33.9. The fourth-order valence-corrected chi connectivity index (χ4v) is 8.32. The van der Waals surface area contributed by atoms with Crippen LogP contribution in [0.3, 0.4) is 0 Å². The van der Waals surface area contributed by atoms with Crippen LogP contribution in [0.15, 0.2) is 48.5 Å². The molecule has 9 N–H and O–H groups in total. The normalized spacial score (nSPS) is 16.3. The molecule has 0 bridgehead atoms. The Labute approximate surface area is 421 Å². The van der Waals surface area contributed by atoms with Crippen molar-refractivity contribution in [1.82, 2.24) is 40.9 Å². The number of ketones is 1. The summed E-state index contributed by atoms with van der Waals surface area (Å²) in [5.74, 6) is -5.65. The van der Waals surface area contributed by atoms with E-state index in [-0.39, 0.29) is 82.4 Å². The van der Waals surface area contributed by atoms with Crippen LogP contribution in [0.25, 0.3) is 0 Å². The molecular weight excluding hydrogens is 942 g/mol. The van der Waals surface area contributed by atoms with Gasteiger partial charge in [0.25, 0.3) is 0 Å². The molecule has 0 saturated carbocycles. The molecule has 3 rings (SSSR count). The number of carboxylic acid groups (broad SMARTS) is 4. The zero-order chi connectivity index (χ0) is 52.1. The summed E-state index contributed by atoms with van der Waals surface area (Å²) in [7, 11) is 4.05. The van der Waals surface area contributed by atoms with Gasteiger partial charge in [0.15, 0.2) is 5.11 Å². The number of rotatable bonds is 29. The number of carbonyl (C=O) groups is 7. The largest absolute Gasteiger partial charge is 0.481 e. The molecule has 1 saturated heterocycles. The maximum atomic E-state index is 13.6. The number of thiocarbonyl (C=S) groups is 1. The van der Waals surface area contributed by atoms with Crippen LogP contribution in [0.1, 0.15) is 75.3 Å². The lowest BCUT2D eigenvalue weighted by Crippen LogP contribution is -2.51. The number of nitrogens with one attached hydrogen (secondary N) is 5. The number of likely N-dealkylation sites (N-methyl/N-ethyl adjacent to an activating group) is 2. The molecule has 394 valence electrons. The minimum absolute atomic E-state index is 0.00963. The smallest absolute Gasteiger partial charge is 0.326 e. The van der Waals surface area contributed by atoms with Crippen LogP contribution in [-0.2, 0) is 41.6 Å². The maximum absolute atomic E-state index is 13.6. The van der Waals surface area contributed by atoms with Crippen molar-refractivity contribution in [2.75, 3.05) is 97.9 Å². The average molecular weight is 1020 g/mol. The first kappa shape index (κ1) is 59.5. The van der Waals surface area contributed by atoms with Crippen molar-refractivity contribution in [2.45, 2.75) is 89.1 Å². The quantitative estimate of drug-likeness (QED) is 0.0419. The summed E-state index contributed by atoms with van der Waals surface area (Å²) < 4.78 is 13.6. The van der Waals surface area contributed by atoms with E-state index in [0.717, 1.165) is 37.2 Å². The number of nitrogens with zero attached hydrogens (tertiary/aromatic N) is 4. The van der Waals surface area contributed by atoms with Gasteiger partial charge in [-0.3, -0.25) is 33.8 Å². The number of aliphatic carboxylic acids is 4. The Bertz CT molecular complexity index is 2020. The zero-order valence-corrected chi connectivity index (χ0v) is 41.9. The van der Waals surface area contributed by atoms with Crippen LogP contribution in [0.4, 0.5) is 14.9 Å². The second kappa shape index (κ2) is 33.0. The molecule has 0 radical (unpaired) electrons. The van der Waals surface area contributed by atoms with Crippen LogP contribution >= 0.6 is 12.2 Å². The third-order valence-corrected chi connectivity index (χ3v) is 12.4. The highest BCUT2D eigenvalue weighted by molar-refractivity contribution is 7.80. The van der Waals surface area contributed by atoms with E-state index in [1.54, 1.807) is 12.1 Å². The van der Waals surface area contributed by atoms with Gasteiger partial charge in [0.05, 0.1) is 13.1 Å². The van der Waals surface area contributed by atoms with Crippen molar-refractivity contribution in [3.63, 3.8) is 0 Å². The molecule has 0 aromatic heterocycles. The number of urea groups is 1. The van der Waals surface area contributed by atoms with E-state index in [1.165, 1.54) is 12.1 Å². The van der Waals surface area contributed by atoms with Crippen LogP contribution in [0.5, 0.6) is 0 Å². The lowest BCUT2D eigenvalue weighted by Gasteiger charge is -2.36. The molecule has 1 unspecified atom stereocenters. The molecule has 3 amide bonds. The maximum Gasteiger partial charge on any atom is 0.326 e. The highest BCUT2D eigenvalue weighted by atomic mass is 32.1. The summed E-state index contributed by atoms with van der Waals surface area (Å²) in [5, 5.41) is 52.0. The Morgan fingerprint density at radius 3 is 1.97 bits per heavy atom. The predicted octanol–water partition coefficient (Wildman–Crippen LogP) is 2.96. The van der Waals surface area contributed by atoms with E-state index in [0.29, 0.717) is 75.6 Å². The first-order valence-electron chi connectivity index (χ1n) is 24.3. The number of amides is 3. The van der Waals surface area contributed by atoms with E-state index in [2.05, 4.69) is 36.4 Å². The Morgan fingerprint density at radius 2 is 1.30 bits per heavy atom. The van der Waals surface area contributed by atoms with Crippen molar-refractivity contribution in [2.24, 2.45) is 5.92 Å². The molecule has 1 heterocycles. The van der Waals surface area contributed by atoms with Crippen molar-refractivity contribution >= 4 is 64.6 Å². The van der Waals surface area contributed by atoms with Crippen LogP contribution < -0.4 is 26.6 Å². The average Bonchev–Trinajstić information content (AvgIpc) is 3.30. The van der Waals surface area contributed by atoms with Crippen LogP contribution in [0.2, 0.25) is 0 Å². The van der Waals surface area contributed by atoms with Gasteiger partial charge in [-0.1, -0.05) is 30.7 Å². The fourth-order valence-electron chi connectivity index (χ4n) is 8.10. The monoisotopic (exact) mass is 1020 g/mol. The minimum atomic E-state index is -1.23. The van der Waals surface area contributed by atoms with Gasteiger partial charge in [0, 0.05) is 102 Å². The standard InChI is InChI=1S/C49H74FN9O11S/c1-56-23-24-57(2)32-40(59(34-45(65)66)28-27-58(26-25-56)33-44(63)64)30-36-14-18-39(19-15-36)54-49(71)53-21-6-3-4-9-41(60)31-37(29-35-12-16-38(50)17-13-35)46(67)51-20-7-5-10-42(47(68)69)55-48(70)52-22-8-11-43(61)62/h12-19,37,40,42H,3-11,20-34H2,1-2H3,(H,51,67)(H,61,62)(H,63,64)(H,65,66)(H,68,69)(H2,52,55,70)(H2,53,54,71)/t37-,40?,42+/m1/s1. The lowest BCUT2D eigenvalue weighted by molar-refractivity contribution is -0.140. The summed E-state index contributed by atoms with van der Waals surface area (Å²) in [4.78, 5) is 92.7. The third-order valence-electron chi connectivity index (χ3n) is 12.1. The molecule has 20 nitrogen and oxygen atoms in total. The molecule has 0 spiro atoms. The van der Waals surface area contributed by atoms with Gasteiger partial charge >= 0.3 is 29.9 Å². The topological polar surface area (TPSA) is 274 Å². The second-order valence-corrected chi connectivity index (χ2v) is 18.6. The van der Waals surface area contributed by atoms with Gasteiger partial charge < -0.3 is 56.8 Å². The molecule has 2 aromatic rings. The third kappa shape index (κ3) is 26.3. The molecule has 71 heavy (non-hydrogen) atoms. The number of benzene rings is 2. The number of Topliss-reactive ketones (excluding diaryl/α,β-unsaturated/α-hetero) is 1. The van der Waals surface area contributed by atoms with Crippen molar-refractivity contribution < 1.29 is 58.4 Å². The number of halogens is 1. The Morgan fingerprint density at radius 1 is 0.676 bits per heavy atom. The minimum Gasteiger partial charge on any atom is -0.481 e. The predicted molar refractivity (Wildman–Crippen MR) is 270 cm³/mol. The molecular formula is C49H74FN9O11S. The summed E-state index contributed by atoms with van der Waals surface area (Å²) >= 11 is 5.54. The van der Waals surface area contributed by atoms with Gasteiger partial charge in [0.2, 0.25) is 5.91 Å². The Kier molecular flexibility index (Phi) is 27.6. The van der Waals surface area contributed by atoms with Gasteiger partial charge in [-0.25, -0.2) is 14.0 Å². The number of hydrogen-bond acceptors (Lipinski definition) is 12. The molecule has 1 aliphatic rings. The van der Waals surface area contributed by atoms with Gasteiger partial charge in [-0.15, -0.1) is 0 Å². The number of hydrogen-bond donors (Lipinski definition) is 9. The zero-order valence-electron chi connectivity index (χ0n) is 41.0. The fraction of sp³-hybridized carbons (Fsp3) is 0.592. The van der Waals surface area contributed by atoms with Gasteiger partial charge in [-0.05, 0) is 113 Å². The molecule has 0 aliphatic carbocycles. The van der Waals surface area contributed by atoms with Gasteiger partial charge in [0.1, 0.15) is 17.6 Å². The van der Waals surface area contributed by atoms with Crippen LogP contribution in [-0.4, -0.2) is 191 Å². The van der Waals surface area contributed by atoms with Crippen LogP contribution in [0, 0.1) is 11.7 Å². The molecule has 2 aromatic carbocycles. The highest BCUT2D eigenvalue weighted by Crippen LogP contribution is 2.18. The van der Waals surface area contributed by atoms with E-state index in [9.17, 15) is 53.3 Å². The van der Waals surface area contributed by atoms with Crippen molar-refractivity contribution in [1.29, 1.82) is 0 Å². The SMILES string of the molecule is CN1CCN(C)CC(Cc2ccc(NC(=S)NCCCCCC(=O)C[C@@H](Cc3ccc(F)cc3)C(=O)NCCCC[C@H](NC(=O)NCCCC(=O)O)C(=O)O)cc2)N(CC(=O)O)CCN(CC(=O)O)CC1. The number of carboxylic acids is 4. The van der Waals surface area contributed by atoms with E-state index >= 15 is 0 Å². The van der Waals surface area contributed by atoms with Gasteiger partial charge in [-0.2, -0.15) is 0 Å². The molecule has 1 fully saturated rings. The highest BCUT2D eigenvalue weighted by Gasteiger charge is 2.26. The summed E-state index contributed by atoms with van der Waals surface area (Å²) in [5.41, 5.74) is 2.48. The van der Waals surface area contributed by atoms with E-state index < -0.39 is 47.7 Å². The summed E-state index contributed by atoms with van der Waals surface area (Å²) in [6.07, 6.45) is 4.05. The Hall–Kier alpha value is -5.81. The molecule has 3 atom stereocenters. The van der Waals surface area contributed by atoms with E-state index in [4.69, 9.17) is 17.3 Å². The number of unbranched alkanes of at least 4 members (excludes halogenated alkanes) is 3. The Balaban J connectivity index is 1.44.